The van der Waals surface area contributed by atoms with Crippen molar-refractivity contribution in [3.05, 3.63) is 462 Å². The van der Waals surface area contributed by atoms with E-state index < -0.39 is 8.07 Å². The first-order chi connectivity index (χ1) is 65.7. The van der Waals surface area contributed by atoms with Crippen LogP contribution in [0.1, 0.15) is 103 Å². The zero-order valence-corrected chi connectivity index (χ0v) is 79.6. The normalized spacial score (nSPS) is 14.7. The van der Waals surface area contributed by atoms with Gasteiger partial charge in [0.25, 0.3) is 0 Å². The third-order valence-electron chi connectivity index (χ3n) is 31.2. The maximum atomic E-state index is 2.58. The van der Waals surface area contributed by atoms with Crippen molar-refractivity contribution in [3.8, 4) is 66.8 Å². The minimum Gasteiger partial charge on any atom is -0.341 e. The summed E-state index contributed by atoms with van der Waals surface area (Å²) in [5.74, 6) is 0. The van der Waals surface area contributed by atoms with E-state index >= 15 is 0 Å². The summed E-state index contributed by atoms with van der Waals surface area (Å²) >= 11 is 0. The Kier molecular flexibility index (Phi) is 18.5. The molecular weight excluding hydrogens is 1650 g/mol. The first-order valence-corrected chi connectivity index (χ1v) is 51.0. The molecule has 3 heterocycles. The van der Waals surface area contributed by atoms with Crippen LogP contribution in [0.5, 0.6) is 0 Å². The molecule has 5 heteroatoms. The molecular formula is C130H104N4Si. The summed E-state index contributed by atoms with van der Waals surface area (Å²) in [6, 6.07) is 150. The summed E-state index contributed by atoms with van der Waals surface area (Å²) in [6.45, 7) is 25.8. The molecule has 0 aromatic heterocycles. The number of benzene rings is 21. The molecule has 0 saturated heterocycles. The van der Waals surface area contributed by atoms with Gasteiger partial charge in [0.15, 0.2) is 0 Å². The lowest BCUT2D eigenvalue weighted by atomic mass is 9.81. The summed E-state index contributed by atoms with van der Waals surface area (Å²) in [7, 11) is 0.265. The van der Waals surface area contributed by atoms with Gasteiger partial charge in [0.05, 0.1) is 39.8 Å². The molecule has 0 amide bonds. The SMILES string of the molecule is Cc1ccc2c(N3c4ccccc4Cc4ccccc43)c3ccccc3c(-c3ccc4c(c3)-c3ccccc3C4(C)C)c2c1.Cc1ccc2c(N3c4ccccc4N(C)c4ccccc43)c3ccccc3c(-c3ccc4c(c3)-c3ccccc3C4(C)C)c2c1.Cc1ccc2c(N3c4ccccc4[Si](C)(C)c4ccccc43)c3ccccc3c(-c3ccc4c(c3)-c3ccccc3C4(C)C)c2c1. The van der Waals surface area contributed by atoms with Gasteiger partial charge in [-0.05, 0) is 241 Å². The third-order valence-corrected chi connectivity index (χ3v) is 34.7. The number of aryl methyl sites for hydroxylation is 3. The Morgan fingerprint density at radius 3 is 0.815 bits per heavy atom. The Bertz CT molecular complexity index is 8490. The fraction of sp³-hybridized carbons (Fsp3) is 0.123. The average molecular weight is 1750 g/mol. The van der Waals surface area contributed by atoms with Crippen molar-refractivity contribution in [1.29, 1.82) is 0 Å². The Labute approximate surface area is 793 Å². The number of hydrogen-bond donors (Lipinski definition) is 0. The van der Waals surface area contributed by atoms with Crippen molar-refractivity contribution in [2.24, 2.45) is 0 Å². The largest absolute Gasteiger partial charge is 0.341 e. The molecule has 135 heavy (non-hydrogen) atoms. The molecule has 21 aromatic carbocycles. The van der Waals surface area contributed by atoms with Crippen LogP contribution in [-0.4, -0.2) is 15.1 Å². The quantitative estimate of drug-likeness (QED) is 0.121. The van der Waals surface area contributed by atoms with E-state index in [0.717, 1.165) is 6.42 Å². The van der Waals surface area contributed by atoms with Crippen LogP contribution in [0.15, 0.2) is 400 Å². The molecule has 0 fully saturated rings. The second-order valence-corrected chi connectivity index (χ2v) is 44.7. The van der Waals surface area contributed by atoms with Crippen molar-refractivity contribution < 1.29 is 0 Å². The molecule has 0 N–H and O–H groups in total. The van der Waals surface area contributed by atoms with Crippen LogP contribution in [0.25, 0.3) is 131 Å². The van der Waals surface area contributed by atoms with E-state index in [2.05, 4.69) is 502 Å². The van der Waals surface area contributed by atoms with Crippen molar-refractivity contribution >= 4 is 146 Å². The van der Waals surface area contributed by atoms with Crippen molar-refractivity contribution in [3.63, 3.8) is 0 Å². The summed E-state index contributed by atoms with van der Waals surface area (Å²) in [5.41, 5.74) is 44.5. The van der Waals surface area contributed by atoms with Crippen LogP contribution < -0.4 is 30.0 Å². The van der Waals surface area contributed by atoms with Crippen LogP contribution in [0.3, 0.4) is 0 Å². The molecule has 3 aliphatic heterocycles. The highest BCUT2D eigenvalue weighted by Gasteiger charge is 2.43. The lowest BCUT2D eigenvalue weighted by Gasteiger charge is -2.42. The average Bonchev–Trinajstić information content (AvgIpc) is 1.04. The molecule has 3 aliphatic carbocycles. The fourth-order valence-electron chi connectivity index (χ4n) is 24.7. The number of nitrogens with zero attached hydrogens (tertiary/aromatic N) is 4. The van der Waals surface area contributed by atoms with Gasteiger partial charge in [0.2, 0.25) is 0 Å². The Morgan fingerprint density at radius 1 is 0.215 bits per heavy atom. The molecule has 0 atom stereocenters. The molecule has 6 aliphatic rings. The first kappa shape index (κ1) is 81.6. The number of rotatable bonds is 6. The van der Waals surface area contributed by atoms with Gasteiger partial charge in [-0.15, -0.1) is 0 Å². The Morgan fingerprint density at radius 2 is 0.467 bits per heavy atom. The minimum absolute atomic E-state index is 0.00984. The van der Waals surface area contributed by atoms with Crippen LogP contribution in [0.2, 0.25) is 13.1 Å². The van der Waals surface area contributed by atoms with Gasteiger partial charge in [-0.1, -0.05) is 405 Å². The van der Waals surface area contributed by atoms with Crippen LogP contribution in [0, 0.1) is 20.8 Å². The second kappa shape index (κ2) is 30.6. The van der Waals surface area contributed by atoms with Crippen molar-refractivity contribution in [2.75, 3.05) is 26.6 Å². The predicted octanol–water partition coefficient (Wildman–Crippen LogP) is 34.4. The van der Waals surface area contributed by atoms with E-state index in [-0.39, 0.29) is 16.2 Å². The standard InChI is InChI=1S/C44H37NSi.C43H34N2.C43H33N/c1-28-22-24-33-35(26-28)42(29-23-25-37-34(27-29)30-14-8-9-17-36(30)44(37,2)3)31-15-6-7-16-32(31)43(33)45-38-18-10-12-20-40(38)46(4,5)41-21-13-11-19-39(41)45;1-27-21-23-32-34(25-27)41(28-22-24-36-33(26-28)29-13-7-8-16-35(29)43(36,2)3)30-14-5-6-15-31(30)42(32)45-39-19-11-9-17-37(39)44(4)38-18-10-12-20-40(38)45;1-27-20-22-34-36(24-27)41(30-21-23-38-35(26-30)31-14-8-9-17-37(31)43(38,2)3)32-15-6-7-16-33(32)42(34)44-39-18-10-4-12-28(39)25-29-13-5-11-19-40(29)44/h6-27H,1-5H3;5-26H,1-4H3;4-24,26H,25H2,1-3H3. The number of hydrogen-bond acceptors (Lipinski definition) is 4. The first-order valence-electron chi connectivity index (χ1n) is 48.0. The molecule has 0 radical (unpaired) electrons. The van der Waals surface area contributed by atoms with Gasteiger partial charge in [0.1, 0.15) is 8.07 Å². The summed E-state index contributed by atoms with van der Waals surface area (Å²) in [6.07, 6.45) is 0.947. The monoisotopic (exact) mass is 1750 g/mol. The topological polar surface area (TPSA) is 13.0 Å². The highest BCUT2D eigenvalue weighted by Crippen LogP contribution is 2.61. The Balaban J connectivity index is 0.000000108. The van der Waals surface area contributed by atoms with Gasteiger partial charge in [-0.2, -0.15) is 0 Å². The van der Waals surface area contributed by atoms with E-state index in [1.165, 1.54) is 266 Å². The van der Waals surface area contributed by atoms with Gasteiger partial charge in [-0.3, -0.25) is 0 Å². The molecule has 21 aromatic rings. The second-order valence-electron chi connectivity index (χ2n) is 40.4. The molecule has 0 bridgehead atoms. The van der Waals surface area contributed by atoms with Crippen LogP contribution >= 0.6 is 0 Å². The molecule has 0 saturated carbocycles. The van der Waals surface area contributed by atoms with E-state index in [4.69, 9.17) is 0 Å². The molecule has 648 valence electrons. The zero-order chi connectivity index (χ0) is 91.4. The smallest absolute Gasteiger partial charge is 0.117 e. The molecule has 0 unspecified atom stereocenters. The van der Waals surface area contributed by atoms with Gasteiger partial charge >= 0.3 is 0 Å². The van der Waals surface area contributed by atoms with Gasteiger partial charge in [0, 0.05) is 84.8 Å². The van der Waals surface area contributed by atoms with Crippen molar-refractivity contribution in [1.82, 2.24) is 0 Å². The maximum Gasteiger partial charge on any atom is 0.117 e. The summed E-state index contributed by atoms with van der Waals surface area (Å²) < 4.78 is 0. The third kappa shape index (κ3) is 12.3. The predicted molar refractivity (Wildman–Crippen MR) is 579 cm³/mol. The van der Waals surface area contributed by atoms with Crippen LogP contribution in [-0.2, 0) is 22.7 Å². The summed E-state index contributed by atoms with van der Waals surface area (Å²) in [4.78, 5) is 9.91. The molecule has 0 spiro atoms. The van der Waals surface area contributed by atoms with Crippen LogP contribution in [0.4, 0.5) is 62.6 Å². The molecule has 27 rings (SSSR count). The maximum absolute atomic E-state index is 2.58. The van der Waals surface area contributed by atoms with Gasteiger partial charge < -0.3 is 19.6 Å². The van der Waals surface area contributed by atoms with E-state index in [9.17, 15) is 0 Å². The van der Waals surface area contributed by atoms with E-state index in [0.29, 0.717) is 0 Å². The zero-order valence-electron chi connectivity index (χ0n) is 78.6. The lowest BCUT2D eigenvalue weighted by Crippen LogP contribution is -2.58. The highest BCUT2D eigenvalue weighted by molar-refractivity contribution is 7.02. The number of para-hydroxylation sites is 8. The highest BCUT2D eigenvalue weighted by atomic mass is 28.3. The van der Waals surface area contributed by atoms with Crippen molar-refractivity contribution in [2.45, 2.75) is 98.1 Å². The van der Waals surface area contributed by atoms with Gasteiger partial charge in [-0.25, -0.2) is 0 Å². The fourth-order valence-corrected chi connectivity index (χ4v) is 27.7. The van der Waals surface area contributed by atoms with E-state index in [1.54, 1.807) is 0 Å². The minimum atomic E-state index is -1.91. The number of anilines is 11. The van der Waals surface area contributed by atoms with E-state index in [1.807, 2.05) is 0 Å². The molecule has 4 nitrogen and oxygen atoms in total. The Hall–Kier alpha value is -15.4. The number of fused-ring (bicyclic) bond motifs is 21. The summed E-state index contributed by atoms with van der Waals surface area (Å²) in [5, 5.41) is 18.3. The lowest BCUT2D eigenvalue weighted by molar-refractivity contribution is 0.660.